The smallest absolute Gasteiger partial charge is 0.227 e. The number of carbonyl (C=O) groups is 1. The van der Waals surface area contributed by atoms with Crippen LogP contribution in [0.3, 0.4) is 0 Å². The average Bonchev–Trinajstić information content (AvgIpc) is 2.76. The Morgan fingerprint density at radius 2 is 1.66 bits per heavy atom. The van der Waals surface area contributed by atoms with Gasteiger partial charge in [0.15, 0.2) is 0 Å². The van der Waals surface area contributed by atoms with Crippen molar-refractivity contribution in [3.63, 3.8) is 0 Å². The summed E-state index contributed by atoms with van der Waals surface area (Å²) >= 11 is 0. The zero-order chi connectivity index (χ0) is 20.2. The summed E-state index contributed by atoms with van der Waals surface area (Å²) < 4.78 is 27.1. The molecule has 0 unspecified atom stereocenters. The molecule has 4 nitrogen and oxygen atoms in total. The maximum Gasteiger partial charge on any atom is 0.227 e. The van der Waals surface area contributed by atoms with E-state index in [9.17, 15) is 13.6 Å². The lowest BCUT2D eigenvalue weighted by molar-refractivity contribution is -0.137. The molecule has 1 amide bonds. The fourth-order valence-corrected chi connectivity index (χ4v) is 4.38. The molecule has 2 aromatic rings. The van der Waals surface area contributed by atoms with E-state index >= 15 is 0 Å². The van der Waals surface area contributed by atoms with E-state index in [1.807, 2.05) is 28.0 Å². The summed E-state index contributed by atoms with van der Waals surface area (Å²) in [4.78, 5) is 19.3. The minimum absolute atomic E-state index is 0.00390. The van der Waals surface area contributed by atoms with Crippen molar-refractivity contribution >= 4 is 11.6 Å². The Morgan fingerprint density at radius 1 is 0.931 bits per heavy atom. The molecule has 2 aliphatic rings. The lowest BCUT2D eigenvalue weighted by atomic mass is 9.95. The molecule has 0 radical (unpaired) electrons. The van der Waals surface area contributed by atoms with Crippen LogP contribution in [0.1, 0.15) is 18.4 Å². The molecular weight excluding hydrogens is 372 g/mol. The first-order valence-electron chi connectivity index (χ1n) is 10.4. The summed E-state index contributed by atoms with van der Waals surface area (Å²) in [6.45, 7) is 5.00. The Labute approximate surface area is 170 Å². The van der Waals surface area contributed by atoms with E-state index < -0.39 is 0 Å². The summed E-state index contributed by atoms with van der Waals surface area (Å²) in [5, 5.41) is 0. The Hall–Kier alpha value is -2.47. The predicted molar refractivity (Wildman–Crippen MR) is 110 cm³/mol. The molecule has 2 aliphatic heterocycles. The van der Waals surface area contributed by atoms with Crippen molar-refractivity contribution in [2.75, 3.05) is 44.2 Å². The first-order valence-corrected chi connectivity index (χ1v) is 10.4. The molecular formula is C23H27F2N3O. The molecule has 2 aromatic carbocycles. The number of halogens is 2. The van der Waals surface area contributed by atoms with Crippen LogP contribution in [0.5, 0.6) is 0 Å². The van der Waals surface area contributed by atoms with E-state index in [1.165, 1.54) is 18.2 Å². The fraction of sp³-hybridized carbons (Fsp3) is 0.435. The van der Waals surface area contributed by atoms with Gasteiger partial charge < -0.3 is 9.80 Å². The number of para-hydroxylation sites is 1. The lowest BCUT2D eigenvalue weighted by Gasteiger charge is -2.39. The number of amides is 1. The highest BCUT2D eigenvalue weighted by molar-refractivity contribution is 5.79. The number of likely N-dealkylation sites (tertiary alicyclic amines) is 1. The summed E-state index contributed by atoms with van der Waals surface area (Å²) in [5.74, 6) is -0.225. The summed E-state index contributed by atoms with van der Waals surface area (Å²) in [5.41, 5.74) is 1.68. The second-order valence-electron chi connectivity index (χ2n) is 7.96. The van der Waals surface area contributed by atoms with Crippen LogP contribution < -0.4 is 4.90 Å². The van der Waals surface area contributed by atoms with Gasteiger partial charge in [-0.15, -0.1) is 0 Å². The molecule has 4 rings (SSSR count). The van der Waals surface area contributed by atoms with Crippen molar-refractivity contribution in [1.82, 2.24) is 9.80 Å². The van der Waals surface area contributed by atoms with Gasteiger partial charge in [0, 0.05) is 39.3 Å². The second-order valence-corrected chi connectivity index (χ2v) is 7.96. The van der Waals surface area contributed by atoms with Gasteiger partial charge in [0.2, 0.25) is 5.91 Å². The number of piperidine rings is 1. The molecule has 0 saturated carbocycles. The largest absolute Gasteiger partial charge is 0.366 e. The zero-order valence-electron chi connectivity index (χ0n) is 16.6. The minimum Gasteiger partial charge on any atom is -0.366 e. The number of anilines is 1. The number of hydrogen-bond acceptors (Lipinski definition) is 3. The quantitative estimate of drug-likeness (QED) is 0.787. The van der Waals surface area contributed by atoms with Crippen molar-refractivity contribution in [1.29, 1.82) is 0 Å². The van der Waals surface area contributed by atoms with E-state index in [0.29, 0.717) is 31.9 Å². The van der Waals surface area contributed by atoms with Crippen molar-refractivity contribution in [2.24, 2.45) is 5.92 Å². The maximum absolute atomic E-state index is 14.0. The molecule has 2 saturated heterocycles. The minimum atomic E-state index is -0.227. The van der Waals surface area contributed by atoms with Crippen LogP contribution in [0.4, 0.5) is 14.5 Å². The molecule has 2 heterocycles. The fourth-order valence-electron chi connectivity index (χ4n) is 4.38. The van der Waals surface area contributed by atoms with Gasteiger partial charge in [0.25, 0.3) is 0 Å². The standard InChI is InChI=1S/C23H27F2N3O/c24-20-9-7-18(8-10-20)16-26-11-3-4-19(17-26)23(29)28-14-12-27(13-15-28)22-6-2-1-5-21(22)25/h1-2,5-10,19H,3-4,11-17H2/t19-/m0/s1. The Balaban J connectivity index is 1.31. The second kappa shape index (κ2) is 8.91. The number of piperazine rings is 1. The van der Waals surface area contributed by atoms with E-state index in [-0.39, 0.29) is 23.5 Å². The SMILES string of the molecule is O=C([C@H]1CCCN(Cc2ccc(F)cc2)C1)N1CCN(c2ccccc2F)CC1. The highest BCUT2D eigenvalue weighted by Gasteiger charge is 2.31. The molecule has 0 bridgehead atoms. The maximum atomic E-state index is 14.0. The summed E-state index contributed by atoms with van der Waals surface area (Å²) in [6, 6.07) is 13.4. The zero-order valence-corrected chi connectivity index (χ0v) is 16.6. The molecule has 0 N–H and O–H groups in total. The van der Waals surface area contributed by atoms with Crippen molar-refractivity contribution in [2.45, 2.75) is 19.4 Å². The number of nitrogens with zero attached hydrogens (tertiary/aromatic N) is 3. The van der Waals surface area contributed by atoms with Crippen LogP contribution in [0.25, 0.3) is 0 Å². The number of benzene rings is 2. The Kier molecular flexibility index (Phi) is 6.09. The molecule has 0 spiro atoms. The molecule has 0 aromatic heterocycles. The van der Waals surface area contributed by atoms with Crippen molar-refractivity contribution in [3.05, 3.63) is 65.7 Å². The van der Waals surface area contributed by atoms with Gasteiger partial charge >= 0.3 is 0 Å². The van der Waals surface area contributed by atoms with Crippen LogP contribution >= 0.6 is 0 Å². The summed E-state index contributed by atoms with van der Waals surface area (Å²) in [7, 11) is 0. The summed E-state index contributed by atoms with van der Waals surface area (Å²) in [6.07, 6.45) is 1.90. The first-order chi connectivity index (χ1) is 14.1. The Bertz CT molecular complexity index is 834. The van der Waals surface area contributed by atoms with Gasteiger partial charge in [-0.1, -0.05) is 24.3 Å². The van der Waals surface area contributed by atoms with Crippen LogP contribution in [-0.4, -0.2) is 55.0 Å². The molecule has 2 fully saturated rings. The molecule has 0 aliphatic carbocycles. The predicted octanol–water partition coefficient (Wildman–Crippen LogP) is 3.53. The monoisotopic (exact) mass is 399 g/mol. The first kappa shape index (κ1) is 19.8. The Morgan fingerprint density at radius 3 is 2.38 bits per heavy atom. The topological polar surface area (TPSA) is 26.8 Å². The van der Waals surface area contributed by atoms with Gasteiger partial charge in [-0.2, -0.15) is 0 Å². The van der Waals surface area contributed by atoms with E-state index in [4.69, 9.17) is 0 Å². The third kappa shape index (κ3) is 4.75. The van der Waals surface area contributed by atoms with Crippen LogP contribution in [0, 0.1) is 17.6 Å². The van der Waals surface area contributed by atoms with Gasteiger partial charge in [0.1, 0.15) is 11.6 Å². The highest BCUT2D eigenvalue weighted by Crippen LogP contribution is 2.24. The molecule has 1 atom stereocenters. The van der Waals surface area contributed by atoms with Crippen molar-refractivity contribution in [3.8, 4) is 0 Å². The third-order valence-corrected chi connectivity index (χ3v) is 5.96. The molecule has 29 heavy (non-hydrogen) atoms. The highest BCUT2D eigenvalue weighted by atomic mass is 19.1. The van der Waals surface area contributed by atoms with Gasteiger partial charge in [0.05, 0.1) is 11.6 Å². The normalized spacial score (nSPS) is 20.7. The lowest BCUT2D eigenvalue weighted by Crippen LogP contribution is -2.52. The molecule has 6 heteroatoms. The van der Waals surface area contributed by atoms with E-state index in [0.717, 1.165) is 38.0 Å². The third-order valence-electron chi connectivity index (χ3n) is 5.96. The van der Waals surface area contributed by atoms with Crippen LogP contribution in [0.15, 0.2) is 48.5 Å². The van der Waals surface area contributed by atoms with E-state index in [1.54, 1.807) is 12.1 Å². The number of carbonyl (C=O) groups excluding carboxylic acids is 1. The van der Waals surface area contributed by atoms with Crippen molar-refractivity contribution < 1.29 is 13.6 Å². The van der Waals surface area contributed by atoms with E-state index in [2.05, 4.69) is 4.90 Å². The van der Waals surface area contributed by atoms with Crippen LogP contribution in [0.2, 0.25) is 0 Å². The number of hydrogen-bond donors (Lipinski definition) is 0. The number of rotatable bonds is 4. The van der Waals surface area contributed by atoms with Gasteiger partial charge in [-0.3, -0.25) is 9.69 Å². The molecule has 154 valence electrons. The average molecular weight is 399 g/mol. The van der Waals surface area contributed by atoms with Crippen LogP contribution in [-0.2, 0) is 11.3 Å². The van der Waals surface area contributed by atoms with Gasteiger partial charge in [-0.25, -0.2) is 8.78 Å². The van der Waals surface area contributed by atoms with Gasteiger partial charge in [-0.05, 0) is 49.2 Å².